The first-order valence-electron chi connectivity index (χ1n) is 6.15. The van der Waals surface area contributed by atoms with Crippen molar-refractivity contribution in [3.8, 4) is 0 Å². The molecule has 0 aliphatic carbocycles. The number of nitrogens with one attached hydrogen (secondary N) is 1. The van der Waals surface area contributed by atoms with Gasteiger partial charge in [-0.2, -0.15) is 0 Å². The average Bonchev–Trinajstić information content (AvgIpc) is 3.04. The number of anilines is 1. The van der Waals surface area contributed by atoms with Crippen molar-refractivity contribution in [3.63, 3.8) is 0 Å². The number of hydrogen-bond acceptors (Lipinski definition) is 7. The molecule has 0 spiro atoms. The van der Waals surface area contributed by atoms with Gasteiger partial charge in [-0.05, 0) is 18.2 Å². The molecule has 1 aromatic heterocycles. The Hall–Kier alpha value is -2.74. The SMILES string of the molecule is COC(=O)c1cccc(C(=O)OCC(=O)Nc2nccs2)c1. The second-order valence-corrected chi connectivity index (χ2v) is 4.93. The Morgan fingerprint density at radius 2 is 1.95 bits per heavy atom. The van der Waals surface area contributed by atoms with Gasteiger partial charge in [0, 0.05) is 11.6 Å². The molecule has 0 saturated carbocycles. The number of esters is 2. The van der Waals surface area contributed by atoms with E-state index >= 15 is 0 Å². The van der Waals surface area contributed by atoms with E-state index in [-0.39, 0.29) is 11.1 Å². The number of hydrogen-bond donors (Lipinski definition) is 1. The largest absolute Gasteiger partial charge is 0.465 e. The van der Waals surface area contributed by atoms with Crippen LogP contribution in [-0.4, -0.2) is 36.5 Å². The van der Waals surface area contributed by atoms with Crippen molar-refractivity contribution >= 4 is 34.3 Å². The van der Waals surface area contributed by atoms with Gasteiger partial charge >= 0.3 is 11.9 Å². The summed E-state index contributed by atoms with van der Waals surface area (Å²) in [4.78, 5) is 38.7. The van der Waals surface area contributed by atoms with E-state index in [1.165, 1.54) is 42.7 Å². The third kappa shape index (κ3) is 4.13. The molecule has 8 heteroatoms. The van der Waals surface area contributed by atoms with E-state index in [1.807, 2.05) is 0 Å². The van der Waals surface area contributed by atoms with E-state index < -0.39 is 24.5 Å². The summed E-state index contributed by atoms with van der Waals surface area (Å²) in [6.45, 7) is -0.444. The Morgan fingerprint density at radius 3 is 2.59 bits per heavy atom. The van der Waals surface area contributed by atoms with Crippen molar-refractivity contribution in [2.24, 2.45) is 0 Å². The van der Waals surface area contributed by atoms with E-state index in [9.17, 15) is 14.4 Å². The van der Waals surface area contributed by atoms with Crippen molar-refractivity contribution in [1.29, 1.82) is 0 Å². The number of benzene rings is 1. The van der Waals surface area contributed by atoms with Crippen LogP contribution < -0.4 is 5.32 Å². The van der Waals surface area contributed by atoms with Gasteiger partial charge in [0.1, 0.15) is 0 Å². The van der Waals surface area contributed by atoms with E-state index in [4.69, 9.17) is 4.74 Å². The Bertz CT molecular complexity index is 684. The monoisotopic (exact) mass is 320 g/mol. The lowest BCUT2D eigenvalue weighted by atomic mass is 10.1. The van der Waals surface area contributed by atoms with Crippen LogP contribution in [-0.2, 0) is 14.3 Å². The predicted molar refractivity (Wildman–Crippen MR) is 78.8 cm³/mol. The molecule has 0 saturated heterocycles. The van der Waals surface area contributed by atoms with Gasteiger partial charge in [0.25, 0.3) is 5.91 Å². The molecular formula is C14H12N2O5S. The van der Waals surface area contributed by atoms with Crippen LogP contribution in [0.5, 0.6) is 0 Å². The number of amides is 1. The van der Waals surface area contributed by atoms with Crippen LogP contribution in [0.25, 0.3) is 0 Å². The molecule has 2 rings (SSSR count). The third-order valence-corrected chi connectivity index (χ3v) is 3.22. The Labute approximate surface area is 129 Å². The van der Waals surface area contributed by atoms with Crippen LogP contribution in [0.2, 0.25) is 0 Å². The standard InChI is InChI=1S/C14H12N2O5S/c1-20-12(18)9-3-2-4-10(7-9)13(19)21-8-11(17)16-14-15-5-6-22-14/h2-7H,8H2,1H3,(H,15,16,17). The number of aromatic nitrogens is 1. The van der Waals surface area contributed by atoms with Crippen molar-refractivity contribution in [3.05, 3.63) is 47.0 Å². The summed E-state index contributed by atoms with van der Waals surface area (Å²) in [5.41, 5.74) is 0.383. The molecule has 0 radical (unpaired) electrons. The van der Waals surface area contributed by atoms with E-state index in [1.54, 1.807) is 11.6 Å². The predicted octanol–water partition coefficient (Wildman–Crippen LogP) is 1.73. The normalized spacial score (nSPS) is 9.86. The number of rotatable bonds is 5. The van der Waals surface area contributed by atoms with Crippen LogP contribution in [0.1, 0.15) is 20.7 Å². The highest BCUT2D eigenvalue weighted by Crippen LogP contribution is 2.11. The highest BCUT2D eigenvalue weighted by molar-refractivity contribution is 7.13. The number of carbonyl (C=O) groups is 3. The summed E-state index contributed by atoms with van der Waals surface area (Å²) in [6, 6.07) is 5.86. The Balaban J connectivity index is 1.92. The van der Waals surface area contributed by atoms with Crippen molar-refractivity contribution in [1.82, 2.24) is 4.98 Å². The van der Waals surface area contributed by atoms with Gasteiger partial charge in [0.05, 0.1) is 18.2 Å². The summed E-state index contributed by atoms with van der Waals surface area (Å²) in [6.07, 6.45) is 1.55. The zero-order valence-electron chi connectivity index (χ0n) is 11.6. The van der Waals surface area contributed by atoms with Gasteiger partial charge in [0.2, 0.25) is 0 Å². The van der Waals surface area contributed by atoms with E-state index in [2.05, 4.69) is 15.0 Å². The summed E-state index contributed by atoms with van der Waals surface area (Å²) >= 11 is 1.25. The van der Waals surface area contributed by atoms with Gasteiger partial charge in [-0.15, -0.1) is 11.3 Å². The first-order chi connectivity index (χ1) is 10.6. The molecule has 0 atom stereocenters. The molecule has 22 heavy (non-hydrogen) atoms. The summed E-state index contributed by atoms with van der Waals surface area (Å²) in [5, 5.41) is 4.62. The van der Waals surface area contributed by atoms with Gasteiger partial charge in [-0.3, -0.25) is 10.1 Å². The maximum absolute atomic E-state index is 11.8. The zero-order chi connectivity index (χ0) is 15.9. The van der Waals surface area contributed by atoms with E-state index in [0.29, 0.717) is 5.13 Å². The highest BCUT2D eigenvalue weighted by Gasteiger charge is 2.13. The van der Waals surface area contributed by atoms with Crippen LogP contribution in [0.15, 0.2) is 35.8 Å². The molecule has 7 nitrogen and oxygen atoms in total. The van der Waals surface area contributed by atoms with Gasteiger partial charge in [0.15, 0.2) is 11.7 Å². The van der Waals surface area contributed by atoms with Crippen LogP contribution in [0.3, 0.4) is 0 Å². The molecule has 2 aromatic rings. The summed E-state index contributed by atoms with van der Waals surface area (Å²) in [7, 11) is 1.25. The summed E-state index contributed by atoms with van der Waals surface area (Å²) in [5.74, 6) is -1.76. The van der Waals surface area contributed by atoms with E-state index in [0.717, 1.165) is 0 Å². The Morgan fingerprint density at radius 1 is 1.23 bits per heavy atom. The minimum Gasteiger partial charge on any atom is -0.465 e. The second kappa shape index (κ2) is 7.32. The number of nitrogens with zero attached hydrogens (tertiary/aromatic N) is 1. The quantitative estimate of drug-likeness (QED) is 0.843. The molecular weight excluding hydrogens is 308 g/mol. The Kier molecular flexibility index (Phi) is 5.21. The lowest BCUT2D eigenvalue weighted by Gasteiger charge is -2.06. The average molecular weight is 320 g/mol. The van der Waals surface area contributed by atoms with Crippen LogP contribution in [0.4, 0.5) is 5.13 Å². The van der Waals surface area contributed by atoms with Gasteiger partial charge in [-0.1, -0.05) is 6.07 Å². The van der Waals surface area contributed by atoms with Crippen molar-refractivity contribution in [2.75, 3.05) is 19.0 Å². The lowest BCUT2D eigenvalue weighted by Crippen LogP contribution is -2.21. The fourth-order valence-electron chi connectivity index (χ4n) is 1.55. The smallest absolute Gasteiger partial charge is 0.338 e. The molecule has 1 N–H and O–H groups in total. The zero-order valence-corrected chi connectivity index (χ0v) is 12.4. The fraction of sp³-hybridized carbons (Fsp3) is 0.143. The van der Waals surface area contributed by atoms with Crippen molar-refractivity contribution in [2.45, 2.75) is 0 Å². The van der Waals surface area contributed by atoms with Gasteiger partial charge in [-0.25, -0.2) is 14.6 Å². The maximum atomic E-state index is 11.8. The summed E-state index contributed by atoms with van der Waals surface area (Å²) < 4.78 is 9.45. The molecule has 114 valence electrons. The third-order valence-electron chi connectivity index (χ3n) is 2.53. The van der Waals surface area contributed by atoms with Gasteiger partial charge < -0.3 is 9.47 Å². The van der Waals surface area contributed by atoms with Crippen molar-refractivity contribution < 1.29 is 23.9 Å². The molecule has 0 aliphatic rings. The number of thiazole rings is 1. The first-order valence-corrected chi connectivity index (χ1v) is 7.03. The number of carbonyl (C=O) groups excluding carboxylic acids is 3. The molecule has 0 fully saturated rings. The second-order valence-electron chi connectivity index (χ2n) is 4.03. The topological polar surface area (TPSA) is 94.6 Å². The maximum Gasteiger partial charge on any atom is 0.338 e. The molecule has 1 heterocycles. The fourth-order valence-corrected chi connectivity index (χ4v) is 2.09. The first kappa shape index (κ1) is 15.6. The minimum absolute atomic E-state index is 0.157. The number of methoxy groups -OCH3 is 1. The van der Waals surface area contributed by atoms with Crippen LogP contribution in [0, 0.1) is 0 Å². The number of ether oxygens (including phenoxy) is 2. The molecule has 1 amide bonds. The molecule has 0 aliphatic heterocycles. The highest BCUT2D eigenvalue weighted by atomic mass is 32.1. The van der Waals surface area contributed by atoms with Crippen LogP contribution >= 0.6 is 11.3 Å². The lowest BCUT2D eigenvalue weighted by molar-refractivity contribution is -0.119. The minimum atomic E-state index is -0.708. The molecule has 0 bridgehead atoms. The molecule has 0 unspecified atom stereocenters. The molecule has 1 aromatic carbocycles.